The first-order valence-electron chi connectivity index (χ1n) is 4.43. The topological polar surface area (TPSA) is 29.5 Å². The molecule has 0 fully saturated rings. The van der Waals surface area contributed by atoms with Gasteiger partial charge >= 0.3 is 0 Å². The minimum Gasteiger partial charge on any atom is -0.496 e. The van der Waals surface area contributed by atoms with Gasteiger partial charge in [0, 0.05) is 5.56 Å². The van der Waals surface area contributed by atoms with Crippen LogP contribution in [-0.2, 0) is 6.61 Å². The molecule has 0 aliphatic carbocycles. The first-order chi connectivity index (χ1) is 6.86. The Balaban J connectivity index is 2.77. The molecule has 0 aromatic heterocycles. The highest BCUT2D eigenvalue weighted by molar-refractivity contribution is 5.87. The molecule has 1 radical (unpaired) electrons. The van der Waals surface area contributed by atoms with Gasteiger partial charge in [0.2, 0.25) is 0 Å². The zero-order chi connectivity index (χ0) is 9.97. The molecule has 0 aliphatic rings. The average Bonchev–Trinajstić information content (AvgIpc) is 2.27. The molecule has 2 aromatic rings. The van der Waals surface area contributed by atoms with E-state index in [4.69, 9.17) is 4.74 Å². The Morgan fingerprint density at radius 2 is 2.21 bits per heavy atom. The molecular weight excluding hydrogens is 176 g/mol. The summed E-state index contributed by atoms with van der Waals surface area (Å²) in [5.41, 5.74) is 0.832. The van der Waals surface area contributed by atoms with E-state index in [1.807, 2.05) is 30.3 Å². The van der Waals surface area contributed by atoms with Gasteiger partial charge in [0.15, 0.2) is 0 Å². The van der Waals surface area contributed by atoms with Crippen LogP contribution >= 0.6 is 0 Å². The monoisotopic (exact) mass is 187 g/mol. The Kier molecular flexibility index (Phi) is 2.37. The van der Waals surface area contributed by atoms with Gasteiger partial charge in [-0.3, -0.25) is 0 Å². The summed E-state index contributed by atoms with van der Waals surface area (Å²) in [6, 6.07) is 12.5. The van der Waals surface area contributed by atoms with Gasteiger partial charge in [-0.1, -0.05) is 18.2 Å². The van der Waals surface area contributed by atoms with E-state index >= 15 is 0 Å². The Bertz CT molecular complexity index is 449. The van der Waals surface area contributed by atoms with Crippen LogP contribution in [0.4, 0.5) is 0 Å². The molecule has 2 aromatic carbocycles. The second-order valence-corrected chi connectivity index (χ2v) is 3.05. The maximum Gasteiger partial charge on any atom is 0.125 e. The summed E-state index contributed by atoms with van der Waals surface area (Å²) >= 11 is 0. The molecule has 0 saturated carbocycles. The predicted octanol–water partition coefficient (Wildman–Crippen LogP) is 2.14. The average molecular weight is 187 g/mol. The summed E-state index contributed by atoms with van der Waals surface area (Å²) in [5, 5.41) is 11.3. The van der Waals surface area contributed by atoms with Gasteiger partial charge in [0.1, 0.15) is 5.75 Å². The Hall–Kier alpha value is -1.54. The maximum atomic E-state index is 9.26. The van der Waals surface area contributed by atoms with Gasteiger partial charge in [0.05, 0.1) is 13.7 Å². The molecule has 0 spiro atoms. The number of benzene rings is 2. The lowest BCUT2D eigenvalue weighted by Gasteiger charge is -2.09. The second-order valence-electron chi connectivity index (χ2n) is 3.05. The van der Waals surface area contributed by atoms with Crippen LogP contribution in [0.1, 0.15) is 5.56 Å². The standard InChI is InChI=1S/C12H11O2/c1-14-12-7-6-9-4-2-3-5-10(9)11(12)8-13/h3-7,13H,8H2,1H3. The molecular formula is C12H11O2. The molecule has 2 heteroatoms. The van der Waals surface area contributed by atoms with E-state index in [2.05, 4.69) is 6.07 Å². The van der Waals surface area contributed by atoms with E-state index in [0.717, 1.165) is 22.1 Å². The predicted molar refractivity (Wildman–Crippen MR) is 55.3 cm³/mol. The lowest BCUT2D eigenvalue weighted by atomic mass is 10.0. The van der Waals surface area contributed by atoms with E-state index in [9.17, 15) is 5.11 Å². The maximum absolute atomic E-state index is 9.26. The largest absolute Gasteiger partial charge is 0.496 e. The number of rotatable bonds is 2. The van der Waals surface area contributed by atoms with E-state index in [-0.39, 0.29) is 6.61 Å². The van der Waals surface area contributed by atoms with Gasteiger partial charge in [0.25, 0.3) is 0 Å². The van der Waals surface area contributed by atoms with Crippen LogP contribution in [0.2, 0.25) is 0 Å². The van der Waals surface area contributed by atoms with Crippen molar-refractivity contribution in [3.05, 3.63) is 42.0 Å². The molecule has 2 rings (SSSR count). The van der Waals surface area contributed by atoms with Crippen LogP contribution in [0.15, 0.2) is 30.3 Å². The highest BCUT2D eigenvalue weighted by Gasteiger charge is 2.05. The minimum absolute atomic E-state index is 0.00940. The number of methoxy groups -OCH3 is 1. The third-order valence-electron chi connectivity index (χ3n) is 2.31. The molecule has 0 heterocycles. The Morgan fingerprint density at radius 1 is 1.36 bits per heavy atom. The van der Waals surface area contributed by atoms with Gasteiger partial charge in [-0.25, -0.2) is 0 Å². The smallest absolute Gasteiger partial charge is 0.125 e. The number of hydrogen-bond donors (Lipinski definition) is 1. The first-order valence-corrected chi connectivity index (χ1v) is 4.43. The Morgan fingerprint density at radius 3 is 2.93 bits per heavy atom. The first kappa shape index (κ1) is 9.03. The third-order valence-corrected chi connectivity index (χ3v) is 2.31. The van der Waals surface area contributed by atoms with E-state index in [0.29, 0.717) is 0 Å². The fourth-order valence-corrected chi connectivity index (χ4v) is 1.61. The highest BCUT2D eigenvalue weighted by atomic mass is 16.5. The summed E-state index contributed by atoms with van der Waals surface area (Å²) in [7, 11) is 1.61. The molecule has 0 bridgehead atoms. The van der Waals surface area contributed by atoms with Crippen LogP contribution < -0.4 is 4.74 Å². The van der Waals surface area contributed by atoms with Crippen molar-refractivity contribution in [3.63, 3.8) is 0 Å². The van der Waals surface area contributed by atoms with Crippen LogP contribution in [0, 0.1) is 6.07 Å². The van der Waals surface area contributed by atoms with Crippen LogP contribution in [0.3, 0.4) is 0 Å². The lowest BCUT2D eigenvalue weighted by molar-refractivity contribution is 0.275. The van der Waals surface area contributed by atoms with Gasteiger partial charge in [-0.2, -0.15) is 0 Å². The highest BCUT2D eigenvalue weighted by Crippen LogP contribution is 2.27. The number of aliphatic hydroxyl groups excluding tert-OH is 1. The zero-order valence-corrected chi connectivity index (χ0v) is 7.95. The van der Waals surface area contributed by atoms with E-state index in [1.165, 1.54) is 0 Å². The summed E-state index contributed by atoms with van der Waals surface area (Å²) in [5.74, 6) is 0.728. The summed E-state index contributed by atoms with van der Waals surface area (Å²) in [4.78, 5) is 0. The van der Waals surface area contributed by atoms with Gasteiger partial charge in [-0.15, -0.1) is 0 Å². The van der Waals surface area contributed by atoms with E-state index < -0.39 is 0 Å². The molecule has 0 amide bonds. The number of hydrogen-bond acceptors (Lipinski definition) is 2. The normalized spacial score (nSPS) is 10.4. The van der Waals surface area contributed by atoms with Crippen molar-refractivity contribution < 1.29 is 9.84 Å². The van der Waals surface area contributed by atoms with Crippen molar-refractivity contribution in [2.75, 3.05) is 7.11 Å². The van der Waals surface area contributed by atoms with Crippen molar-refractivity contribution in [2.24, 2.45) is 0 Å². The van der Waals surface area contributed by atoms with Crippen molar-refractivity contribution >= 4 is 10.8 Å². The summed E-state index contributed by atoms with van der Waals surface area (Å²) in [6.45, 7) is -0.00940. The third kappa shape index (κ3) is 1.34. The number of aliphatic hydroxyl groups is 1. The van der Waals surface area contributed by atoms with E-state index in [1.54, 1.807) is 7.11 Å². The van der Waals surface area contributed by atoms with Gasteiger partial charge < -0.3 is 9.84 Å². The molecule has 0 saturated heterocycles. The number of fused-ring (bicyclic) bond motifs is 1. The Labute approximate surface area is 82.8 Å². The molecule has 0 unspecified atom stereocenters. The second kappa shape index (κ2) is 3.68. The van der Waals surface area contributed by atoms with Crippen molar-refractivity contribution in [2.45, 2.75) is 6.61 Å². The quantitative estimate of drug-likeness (QED) is 0.780. The lowest BCUT2D eigenvalue weighted by Crippen LogP contribution is -1.92. The number of ether oxygens (including phenoxy) is 1. The summed E-state index contributed by atoms with van der Waals surface area (Å²) in [6.07, 6.45) is 0. The van der Waals surface area contributed by atoms with Crippen molar-refractivity contribution in [1.29, 1.82) is 0 Å². The molecule has 0 atom stereocenters. The van der Waals surface area contributed by atoms with Crippen LogP contribution in [0.25, 0.3) is 10.8 Å². The fourth-order valence-electron chi connectivity index (χ4n) is 1.61. The van der Waals surface area contributed by atoms with Crippen molar-refractivity contribution in [3.8, 4) is 5.75 Å². The minimum atomic E-state index is -0.00940. The zero-order valence-electron chi connectivity index (χ0n) is 7.95. The van der Waals surface area contributed by atoms with Crippen molar-refractivity contribution in [1.82, 2.24) is 0 Å². The molecule has 1 N–H and O–H groups in total. The molecule has 14 heavy (non-hydrogen) atoms. The van der Waals surface area contributed by atoms with Gasteiger partial charge in [-0.05, 0) is 29.0 Å². The molecule has 0 aliphatic heterocycles. The molecule has 2 nitrogen and oxygen atoms in total. The van der Waals surface area contributed by atoms with Crippen LogP contribution in [0.5, 0.6) is 5.75 Å². The fraction of sp³-hybridized carbons (Fsp3) is 0.167. The molecule has 71 valence electrons. The van der Waals surface area contributed by atoms with Crippen LogP contribution in [-0.4, -0.2) is 12.2 Å². The summed E-state index contributed by atoms with van der Waals surface area (Å²) < 4.78 is 5.17. The SMILES string of the molecule is COc1ccc2c[c]ccc2c1CO.